The SMILES string of the molecule is [N-]=[N+]=NCC=Cc1ccccc1C(F)(F)F. The predicted octanol–water partition coefficient (Wildman–Crippen LogP) is 4.03. The van der Waals surface area contributed by atoms with Crippen molar-refractivity contribution in [1.82, 2.24) is 0 Å². The number of azide groups is 1. The van der Waals surface area contributed by atoms with Crippen LogP contribution in [0.15, 0.2) is 35.5 Å². The van der Waals surface area contributed by atoms with Gasteiger partial charge in [-0.2, -0.15) is 13.2 Å². The van der Waals surface area contributed by atoms with Crippen molar-refractivity contribution in [2.24, 2.45) is 5.11 Å². The lowest BCUT2D eigenvalue weighted by Crippen LogP contribution is -2.06. The van der Waals surface area contributed by atoms with Gasteiger partial charge in [-0.3, -0.25) is 0 Å². The molecule has 0 aliphatic rings. The van der Waals surface area contributed by atoms with Crippen LogP contribution in [0.1, 0.15) is 11.1 Å². The zero-order valence-electron chi connectivity index (χ0n) is 8.15. The second-order valence-corrected chi connectivity index (χ2v) is 2.90. The second-order valence-electron chi connectivity index (χ2n) is 2.90. The largest absolute Gasteiger partial charge is 0.416 e. The van der Waals surface area contributed by atoms with Crippen molar-refractivity contribution in [2.75, 3.05) is 6.54 Å². The quantitative estimate of drug-likeness (QED) is 0.425. The Hall–Kier alpha value is -1.94. The Bertz CT molecular complexity index is 431. The van der Waals surface area contributed by atoms with Crippen molar-refractivity contribution in [3.63, 3.8) is 0 Å². The molecular formula is C10H8F3N3. The van der Waals surface area contributed by atoms with Gasteiger partial charge < -0.3 is 0 Å². The van der Waals surface area contributed by atoms with Crippen LogP contribution in [-0.2, 0) is 6.18 Å². The highest BCUT2D eigenvalue weighted by Crippen LogP contribution is 2.32. The number of nitrogens with zero attached hydrogens (tertiary/aromatic N) is 3. The van der Waals surface area contributed by atoms with Gasteiger partial charge in [-0.05, 0) is 17.2 Å². The zero-order chi connectivity index (χ0) is 12.0. The van der Waals surface area contributed by atoms with Gasteiger partial charge in [0.25, 0.3) is 0 Å². The first-order chi connectivity index (χ1) is 7.55. The van der Waals surface area contributed by atoms with Gasteiger partial charge in [-0.15, -0.1) is 0 Å². The minimum Gasteiger partial charge on any atom is -0.166 e. The average molecular weight is 227 g/mol. The molecule has 16 heavy (non-hydrogen) atoms. The van der Waals surface area contributed by atoms with Crippen LogP contribution in [0.4, 0.5) is 13.2 Å². The first kappa shape index (κ1) is 12.1. The molecule has 0 spiro atoms. The van der Waals surface area contributed by atoms with Crippen LogP contribution in [0, 0.1) is 0 Å². The van der Waals surface area contributed by atoms with E-state index in [9.17, 15) is 13.2 Å². The van der Waals surface area contributed by atoms with E-state index in [0.717, 1.165) is 6.07 Å². The lowest BCUT2D eigenvalue weighted by atomic mass is 10.1. The summed E-state index contributed by atoms with van der Waals surface area (Å²) in [4.78, 5) is 2.49. The molecule has 0 heterocycles. The monoisotopic (exact) mass is 227 g/mol. The fourth-order valence-electron chi connectivity index (χ4n) is 1.16. The van der Waals surface area contributed by atoms with E-state index >= 15 is 0 Å². The maximum absolute atomic E-state index is 12.5. The first-order valence-electron chi connectivity index (χ1n) is 4.39. The molecule has 0 bridgehead atoms. The molecule has 0 aliphatic heterocycles. The Morgan fingerprint density at radius 2 is 2.00 bits per heavy atom. The third-order valence-electron chi connectivity index (χ3n) is 1.81. The van der Waals surface area contributed by atoms with Crippen molar-refractivity contribution in [3.05, 3.63) is 51.9 Å². The van der Waals surface area contributed by atoms with Crippen molar-refractivity contribution in [3.8, 4) is 0 Å². The van der Waals surface area contributed by atoms with E-state index in [1.807, 2.05) is 0 Å². The van der Waals surface area contributed by atoms with Crippen LogP contribution in [0.2, 0.25) is 0 Å². The van der Waals surface area contributed by atoms with Crippen LogP contribution in [0.25, 0.3) is 16.5 Å². The third kappa shape index (κ3) is 3.33. The van der Waals surface area contributed by atoms with Crippen LogP contribution in [0.5, 0.6) is 0 Å². The van der Waals surface area contributed by atoms with Gasteiger partial charge in [-0.1, -0.05) is 35.5 Å². The molecule has 1 aromatic rings. The Kier molecular flexibility index (Phi) is 3.96. The lowest BCUT2D eigenvalue weighted by molar-refractivity contribution is -0.137. The molecule has 0 atom stereocenters. The summed E-state index contributed by atoms with van der Waals surface area (Å²) < 4.78 is 37.5. The predicted molar refractivity (Wildman–Crippen MR) is 54.5 cm³/mol. The summed E-state index contributed by atoms with van der Waals surface area (Å²) in [6, 6.07) is 5.21. The number of halogens is 3. The molecular weight excluding hydrogens is 219 g/mol. The maximum atomic E-state index is 12.5. The number of rotatable bonds is 3. The fourth-order valence-corrected chi connectivity index (χ4v) is 1.16. The highest BCUT2D eigenvalue weighted by atomic mass is 19.4. The number of hydrogen-bond donors (Lipinski definition) is 0. The summed E-state index contributed by atoms with van der Waals surface area (Å²) in [5.74, 6) is 0. The van der Waals surface area contributed by atoms with Crippen molar-refractivity contribution in [2.45, 2.75) is 6.18 Å². The molecule has 0 aromatic heterocycles. The van der Waals surface area contributed by atoms with Crippen LogP contribution in [0.3, 0.4) is 0 Å². The highest BCUT2D eigenvalue weighted by Gasteiger charge is 2.32. The molecule has 0 amide bonds. The smallest absolute Gasteiger partial charge is 0.166 e. The minimum atomic E-state index is -4.38. The Labute approximate surface area is 89.8 Å². The summed E-state index contributed by atoms with van der Waals surface area (Å²) in [6.45, 7) is 0.0304. The van der Waals surface area contributed by atoms with Gasteiger partial charge in [0.2, 0.25) is 0 Å². The Morgan fingerprint density at radius 1 is 1.31 bits per heavy atom. The molecule has 0 unspecified atom stereocenters. The van der Waals surface area contributed by atoms with E-state index in [1.54, 1.807) is 0 Å². The molecule has 0 fully saturated rings. The molecule has 0 aliphatic carbocycles. The van der Waals surface area contributed by atoms with E-state index in [4.69, 9.17) is 5.53 Å². The second kappa shape index (κ2) is 5.23. The fraction of sp³-hybridized carbons (Fsp3) is 0.200. The van der Waals surface area contributed by atoms with Gasteiger partial charge >= 0.3 is 6.18 Å². The molecule has 6 heteroatoms. The van der Waals surface area contributed by atoms with Crippen molar-refractivity contribution >= 4 is 6.08 Å². The van der Waals surface area contributed by atoms with Crippen LogP contribution < -0.4 is 0 Å². The normalized spacial score (nSPS) is 11.4. The third-order valence-corrected chi connectivity index (χ3v) is 1.81. The summed E-state index contributed by atoms with van der Waals surface area (Å²) in [6.07, 6.45) is -1.71. The minimum absolute atomic E-state index is 0.0304. The standard InChI is InChI=1S/C10H8F3N3/c11-10(12,13)9-6-2-1-4-8(9)5-3-7-15-16-14/h1-6H,7H2. The Morgan fingerprint density at radius 3 is 2.62 bits per heavy atom. The molecule has 84 valence electrons. The Balaban J connectivity index is 2.96. The summed E-state index contributed by atoms with van der Waals surface area (Å²) in [5, 5.41) is 3.19. The molecule has 0 N–H and O–H groups in total. The molecule has 0 saturated carbocycles. The molecule has 0 radical (unpaired) electrons. The molecule has 0 saturated heterocycles. The van der Waals surface area contributed by atoms with E-state index in [2.05, 4.69) is 10.0 Å². The van der Waals surface area contributed by atoms with E-state index in [-0.39, 0.29) is 12.1 Å². The number of alkyl halides is 3. The van der Waals surface area contributed by atoms with E-state index < -0.39 is 11.7 Å². The topological polar surface area (TPSA) is 48.8 Å². The van der Waals surface area contributed by atoms with E-state index in [0.29, 0.717) is 0 Å². The van der Waals surface area contributed by atoms with Gasteiger partial charge in [0.05, 0.1) is 5.56 Å². The van der Waals surface area contributed by atoms with Gasteiger partial charge in [0.1, 0.15) is 0 Å². The van der Waals surface area contributed by atoms with Crippen molar-refractivity contribution < 1.29 is 13.2 Å². The summed E-state index contributed by atoms with van der Waals surface area (Å²) >= 11 is 0. The maximum Gasteiger partial charge on any atom is 0.416 e. The highest BCUT2D eigenvalue weighted by molar-refractivity contribution is 5.54. The summed E-state index contributed by atoms with van der Waals surface area (Å²) in [5.41, 5.74) is 7.35. The van der Waals surface area contributed by atoms with Gasteiger partial charge in [0.15, 0.2) is 0 Å². The van der Waals surface area contributed by atoms with E-state index in [1.165, 1.54) is 30.4 Å². The average Bonchev–Trinajstić information content (AvgIpc) is 2.24. The number of benzene rings is 1. The van der Waals surface area contributed by atoms with Gasteiger partial charge in [0, 0.05) is 11.5 Å². The molecule has 1 rings (SSSR count). The van der Waals surface area contributed by atoms with Crippen LogP contribution >= 0.6 is 0 Å². The van der Waals surface area contributed by atoms with Crippen LogP contribution in [-0.4, -0.2) is 6.54 Å². The molecule has 3 nitrogen and oxygen atoms in total. The lowest BCUT2D eigenvalue weighted by Gasteiger charge is -2.09. The zero-order valence-corrected chi connectivity index (χ0v) is 8.15. The first-order valence-corrected chi connectivity index (χ1v) is 4.39. The number of hydrogen-bond acceptors (Lipinski definition) is 1. The van der Waals surface area contributed by atoms with Crippen molar-refractivity contribution in [1.29, 1.82) is 0 Å². The molecule has 1 aromatic carbocycles. The van der Waals surface area contributed by atoms with Gasteiger partial charge in [-0.25, -0.2) is 0 Å². The summed E-state index contributed by atoms with van der Waals surface area (Å²) in [7, 11) is 0.